The standard InChI is InChI=1S/C16H18N4O5S2/c1-4-17-15-19-20-16(27-15)26-8-12(21)18-11-6-9(13(22)24-2)5-10(7-11)14(23)25-3/h5-7H,4,8H2,1-3H3,(H,17,19)(H,18,21). The number of aromatic nitrogens is 2. The van der Waals surface area contributed by atoms with E-state index in [-0.39, 0.29) is 28.5 Å². The lowest BCUT2D eigenvalue weighted by Crippen LogP contribution is -2.16. The molecule has 0 saturated carbocycles. The van der Waals surface area contributed by atoms with E-state index in [1.807, 2.05) is 6.92 Å². The highest BCUT2D eigenvalue weighted by molar-refractivity contribution is 8.01. The van der Waals surface area contributed by atoms with Crippen LogP contribution in [0.2, 0.25) is 0 Å². The van der Waals surface area contributed by atoms with Gasteiger partial charge in [-0.2, -0.15) is 0 Å². The number of nitrogens with one attached hydrogen (secondary N) is 2. The van der Waals surface area contributed by atoms with Gasteiger partial charge < -0.3 is 20.1 Å². The van der Waals surface area contributed by atoms with Gasteiger partial charge in [-0.3, -0.25) is 4.79 Å². The molecule has 27 heavy (non-hydrogen) atoms. The van der Waals surface area contributed by atoms with Gasteiger partial charge in [0.15, 0.2) is 4.34 Å². The lowest BCUT2D eigenvalue weighted by Gasteiger charge is -2.09. The van der Waals surface area contributed by atoms with Crippen LogP contribution in [0.5, 0.6) is 0 Å². The zero-order valence-electron chi connectivity index (χ0n) is 14.9. The molecule has 2 N–H and O–H groups in total. The van der Waals surface area contributed by atoms with Crippen LogP contribution in [-0.2, 0) is 14.3 Å². The van der Waals surface area contributed by atoms with Gasteiger partial charge in [0, 0.05) is 12.2 Å². The number of amides is 1. The molecule has 1 amide bonds. The van der Waals surface area contributed by atoms with E-state index >= 15 is 0 Å². The van der Waals surface area contributed by atoms with Crippen LogP contribution in [0.4, 0.5) is 10.8 Å². The molecule has 0 saturated heterocycles. The monoisotopic (exact) mass is 410 g/mol. The first kappa shape index (κ1) is 20.6. The summed E-state index contributed by atoms with van der Waals surface area (Å²) in [4.78, 5) is 35.7. The summed E-state index contributed by atoms with van der Waals surface area (Å²) in [6, 6.07) is 4.19. The van der Waals surface area contributed by atoms with E-state index in [1.165, 1.54) is 55.5 Å². The second kappa shape index (κ2) is 9.88. The fourth-order valence-electron chi connectivity index (χ4n) is 1.99. The molecule has 2 aromatic rings. The summed E-state index contributed by atoms with van der Waals surface area (Å²) in [7, 11) is 2.46. The molecule has 0 unspecified atom stereocenters. The smallest absolute Gasteiger partial charge is 0.337 e. The van der Waals surface area contributed by atoms with E-state index in [0.29, 0.717) is 9.47 Å². The Labute approximate surface area is 163 Å². The van der Waals surface area contributed by atoms with Gasteiger partial charge in [-0.15, -0.1) is 10.2 Å². The summed E-state index contributed by atoms with van der Waals surface area (Å²) in [6.45, 7) is 2.69. The Balaban J connectivity index is 2.06. The Hall–Kier alpha value is -2.66. The molecule has 1 aromatic carbocycles. The third kappa shape index (κ3) is 5.93. The maximum Gasteiger partial charge on any atom is 0.337 e. The molecule has 1 aromatic heterocycles. The molecule has 144 valence electrons. The lowest BCUT2D eigenvalue weighted by molar-refractivity contribution is -0.113. The zero-order chi connectivity index (χ0) is 19.8. The second-order valence-electron chi connectivity index (χ2n) is 5.02. The topological polar surface area (TPSA) is 120 Å². The van der Waals surface area contributed by atoms with Crippen molar-refractivity contribution < 1.29 is 23.9 Å². The third-order valence-electron chi connectivity index (χ3n) is 3.12. The van der Waals surface area contributed by atoms with Crippen LogP contribution >= 0.6 is 23.1 Å². The average molecular weight is 410 g/mol. The van der Waals surface area contributed by atoms with Crippen molar-refractivity contribution in [3.63, 3.8) is 0 Å². The average Bonchev–Trinajstić information content (AvgIpc) is 3.12. The predicted octanol–water partition coefficient (Wildman–Crippen LogP) is 2.27. The molecular formula is C16H18N4O5S2. The molecule has 0 radical (unpaired) electrons. The van der Waals surface area contributed by atoms with E-state index in [0.717, 1.165) is 6.54 Å². The van der Waals surface area contributed by atoms with Crippen LogP contribution in [-0.4, -0.2) is 54.6 Å². The Morgan fingerprint density at radius 2 is 1.70 bits per heavy atom. The number of rotatable bonds is 8. The van der Waals surface area contributed by atoms with Crippen molar-refractivity contribution >= 4 is 51.8 Å². The molecule has 0 fully saturated rings. The zero-order valence-corrected chi connectivity index (χ0v) is 16.5. The predicted molar refractivity (Wildman–Crippen MR) is 103 cm³/mol. The van der Waals surface area contributed by atoms with Crippen molar-refractivity contribution in [2.75, 3.05) is 37.2 Å². The largest absolute Gasteiger partial charge is 0.465 e. The van der Waals surface area contributed by atoms with Gasteiger partial charge in [0.1, 0.15) is 0 Å². The maximum atomic E-state index is 12.2. The van der Waals surface area contributed by atoms with Gasteiger partial charge in [0.05, 0.1) is 31.1 Å². The molecule has 0 bridgehead atoms. The molecule has 0 atom stereocenters. The minimum absolute atomic E-state index is 0.0940. The second-order valence-corrected chi connectivity index (χ2v) is 7.22. The number of hydrogen-bond acceptors (Lipinski definition) is 10. The minimum Gasteiger partial charge on any atom is -0.465 e. The summed E-state index contributed by atoms with van der Waals surface area (Å²) in [5.74, 6) is -1.49. The van der Waals surface area contributed by atoms with Crippen LogP contribution in [0.1, 0.15) is 27.6 Å². The van der Waals surface area contributed by atoms with E-state index in [1.54, 1.807) is 0 Å². The molecule has 0 aliphatic carbocycles. The summed E-state index contributed by atoms with van der Waals surface area (Å²) in [6.07, 6.45) is 0. The first-order valence-corrected chi connectivity index (χ1v) is 9.58. The summed E-state index contributed by atoms with van der Waals surface area (Å²) < 4.78 is 9.98. The van der Waals surface area contributed by atoms with Crippen molar-refractivity contribution in [2.24, 2.45) is 0 Å². The number of nitrogens with zero attached hydrogens (tertiary/aromatic N) is 2. The van der Waals surface area contributed by atoms with Crippen molar-refractivity contribution in [1.29, 1.82) is 0 Å². The molecule has 0 aliphatic rings. The number of carbonyl (C=O) groups excluding carboxylic acids is 3. The number of anilines is 2. The van der Waals surface area contributed by atoms with Gasteiger partial charge in [-0.1, -0.05) is 23.1 Å². The maximum absolute atomic E-state index is 12.2. The number of ether oxygens (including phenoxy) is 2. The number of benzene rings is 1. The fourth-order valence-corrected chi connectivity index (χ4v) is 3.61. The van der Waals surface area contributed by atoms with Gasteiger partial charge >= 0.3 is 11.9 Å². The van der Waals surface area contributed by atoms with Gasteiger partial charge in [-0.25, -0.2) is 9.59 Å². The summed E-state index contributed by atoms with van der Waals surface area (Å²) in [5.41, 5.74) is 0.542. The van der Waals surface area contributed by atoms with Gasteiger partial charge in [0.2, 0.25) is 11.0 Å². The SMILES string of the molecule is CCNc1nnc(SCC(=O)Nc2cc(C(=O)OC)cc(C(=O)OC)c2)s1. The van der Waals surface area contributed by atoms with Crippen molar-refractivity contribution in [3.8, 4) is 0 Å². The molecular weight excluding hydrogens is 392 g/mol. The minimum atomic E-state index is -0.629. The first-order valence-electron chi connectivity index (χ1n) is 7.78. The number of carbonyl (C=O) groups is 3. The number of thioether (sulfide) groups is 1. The van der Waals surface area contributed by atoms with Crippen molar-refractivity contribution in [1.82, 2.24) is 10.2 Å². The molecule has 0 aliphatic heterocycles. The summed E-state index contributed by atoms with van der Waals surface area (Å²) >= 11 is 2.59. The molecule has 0 spiro atoms. The van der Waals surface area contributed by atoms with Gasteiger partial charge in [0.25, 0.3) is 0 Å². The van der Waals surface area contributed by atoms with Crippen molar-refractivity contribution in [2.45, 2.75) is 11.3 Å². The van der Waals surface area contributed by atoms with Crippen LogP contribution in [0.25, 0.3) is 0 Å². The fraction of sp³-hybridized carbons (Fsp3) is 0.312. The number of esters is 2. The van der Waals surface area contributed by atoms with Crippen molar-refractivity contribution in [3.05, 3.63) is 29.3 Å². The van der Waals surface area contributed by atoms with E-state index in [2.05, 4.69) is 30.3 Å². The van der Waals surface area contributed by atoms with Gasteiger partial charge in [-0.05, 0) is 25.1 Å². The van der Waals surface area contributed by atoms with E-state index in [4.69, 9.17) is 0 Å². The van der Waals surface area contributed by atoms with Crippen LogP contribution < -0.4 is 10.6 Å². The first-order chi connectivity index (χ1) is 13.0. The van der Waals surface area contributed by atoms with Crippen LogP contribution in [0.3, 0.4) is 0 Å². The quantitative estimate of drug-likeness (QED) is 0.499. The van der Waals surface area contributed by atoms with Crippen LogP contribution in [0, 0.1) is 0 Å². The molecule has 1 heterocycles. The Morgan fingerprint density at radius 3 is 2.26 bits per heavy atom. The number of methoxy groups -OCH3 is 2. The molecule has 9 nitrogen and oxygen atoms in total. The summed E-state index contributed by atoms with van der Waals surface area (Å²) in [5, 5.41) is 14.3. The highest BCUT2D eigenvalue weighted by Gasteiger charge is 2.15. The Kier molecular flexibility index (Phi) is 7.55. The number of hydrogen-bond donors (Lipinski definition) is 2. The molecule has 11 heteroatoms. The highest BCUT2D eigenvalue weighted by atomic mass is 32.2. The normalized spacial score (nSPS) is 10.2. The Bertz CT molecular complexity index is 806. The van der Waals surface area contributed by atoms with Crippen LogP contribution in [0.15, 0.2) is 22.5 Å². The van der Waals surface area contributed by atoms with E-state index in [9.17, 15) is 14.4 Å². The van der Waals surface area contributed by atoms with E-state index < -0.39 is 11.9 Å². The highest BCUT2D eigenvalue weighted by Crippen LogP contribution is 2.25. The molecule has 2 rings (SSSR count). The third-order valence-corrected chi connectivity index (χ3v) is 5.13. The Morgan fingerprint density at radius 1 is 1.07 bits per heavy atom. The lowest BCUT2D eigenvalue weighted by atomic mass is 10.1.